The molecular formula is C30H30ClN3O5. The molecule has 2 aromatic rings. The Morgan fingerprint density at radius 2 is 1.74 bits per heavy atom. The van der Waals surface area contributed by atoms with E-state index >= 15 is 0 Å². The van der Waals surface area contributed by atoms with Crippen molar-refractivity contribution in [3.63, 3.8) is 0 Å². The normalized spacial score (nSPS) is 29.8. The molecule has 6 rings (SSSR count). The van der Waals surface area contributed by atoms with Gasteiger partial charge in [0, 0.05) is 31.9 Å². The number of carbonyl (C=O) groups excluding carboxylic acids is 3. The molecule has 1 unspecified atom stereocenters. The Bertz CT molecular complexity index is 1360. The van der Waals surface area contributed by atoms with Gasteiger partial charge in [-0.1, -0.05) is 66.2 Å². The Morgan fingerprint density at radius 1 is 0.974 bits per heavy atom. The van der Waals surface area contributed by atoms with Crippen LogP contribution in [0.3, 0.4) is 0 Å². The minimum atomic E-state index is -1.33. The third-order valence-electron chi connectivity index (χ3n) is 8.24. The summed E-state index contributed by atoms with van der Waals surface area (Å²) in [6.07, 6.45) is 7.02. The molecule has 1 N–H and O–H groups in total. The first-order chi connectivity index (χ1) is 18.9. The van der Waals surface area contributed by atoms with Crippen molar-refractivity contribution >= 4 is 40.7 Å². The van der Waals surface area contributed by atoms with Crippen molar-refractivity contribution in [2.45, 2.75) is 31.1 Å². The number of hydrogen-bond acceptors (Lipinski definition) is 5. The number of nitrogens with zero attached hydrogens (tertiary/aromatic N) is 3. The van der Waals surface area contributed by atoms with Gasteiger partial charge in [-0.3, -0.25) is 14.4 Å². The summed E-state index contributed by atoms with van der Waals surface area (Å²) in [5, 5.41) is 10.0. The molecule has 2 aromatic carbocycles. The number of aryl methyl sites for hydroxylation is 1. The van der Waals surface area contributed by atoms with E-state index in [-0.39, 0.29) is 37.4 Å². The molecule has 5 atom stereocenters. The van der Waals surface area contributed by atoms with Crippen LogP contribution < -0.4 is 9.80 Å². The molecular weight excluding hydrogens is 518 g/mol. The van der Waals surface area contributed by atoms with Crippen LogP contribution >= 0.6 is 11.6 Å². The number of carbonyl (C=O) groups is 3. The van der Waals surface area contributed by atoms with Gasteiger partial charge in [-0.05, 0) is 37.1 Å². The second-order valence-electron chi connectivity index (χ2n) is 10.4. The van der Waals surface area contributed by atoms with Gasteiger partial charge < -0.3 is 24.5 Å². The number of ether oxygens (including phenoxy) is 1. The maximum absolute atomic E-state index is 14.4. The predicted molar refractivity (Wildman–Crippen MR) is 147 cm³/mol. The Labute approximate surface area is 232 Å². The lowest BCUT2D eigenvalue weighted by molar-refractivity contribution is -0.140. The van der Waals surface area contributed by atoms with Crippen LogP contribution in [0.2, 0.25) is 5.02 Å². The summed E-state index contributed by atoms with van der Waals surface area (Å²) in [6, 6.07) is 13.8. The number of para-hydroxylation sites is 2. The lowest BCUT2D eigenvalue weighted by Gasteiger charge is -2.35. The third-order valence-corrected chi connectivity index (χ3v) is 8.55. The third kappa shape index (κ3) is 3.92. The summed E-state index contributed by atoms with van der Waals surface area (Å²) in [5.74, 6) is -2.53. The van der Waals surface area contributed by atoms with Crippen molar-refractivity contribution in [1.82, 2.24) is 4.90 Å². The number of anilines is 2. The summed E-state index contributed by atoms with van der Waals surface area (Å²) >= 11 is 6.57. The summed E-state index contributed by atoms with van der Waals surface area (Å²) < 4.78 is 6.66. The van der Waals surface area contributed by atoms with Gasteiger partial charge in [0.05, 0.1) is 28.6 Å². The minimum Gasteiger partial charge on any atom is -0.396 e. The van der Waals surface area contributed by atoms with Crippen molar-refractivity contribution in [2.75, 3.05) is 36.0 Å². The molecule has 2 fully saturated rings. The molecule has 202 valence electrons. The van der Waals surface area contributed by atoms with E-state index in [0.29, 0.717) is 23.7 Å². The molecule has 1 spiro atoms. The maximum Gasteiger partial charge on any atom is 0.253 e. The molecule has 3 amide bonds. The van der Waals surface area contributed by atoms with Crippen LogP contribution in [0.1, 0.15) is 12.0 Å². The molecule has 4 aliphatic rings. The second kappa shape index (κ2) is 9.93. The fourth-order valence-electron chi connectivity index (χ4n) is 6.62. The molecule has 4 heterocycles. The van der Waals surface area contributed by atoms with E-state index in [4.69, 9.17) is 16.3 Å². The first-order valence-corrected chi connectivity index (χ1v) is 13.6. The number of aliphatic hydroxyl groups is 1. The Kier molecular flexibility index (Phi) is 6.57. The first-order valence-electron chi connectivity index (χ1n) is 13.3. The van der Waals surface area contributed by atoms with Crippen LogP contribution in [-0.4, -0.2) is 71.7 Å². The van der Waals surface area contributed by atoms with E-state index < -0.39 is 29.6 Å². The lowest BCUT2D eigenvalue weighted by Crippen LogP contribution is -2.55. The van der Waals surface area contributed by atoms with Gasteiger partial charge in [-0.25, -0.2) is 0 Å². The number of hydrogen-bond donors (Lipinski definition) is 1. The van der Waals surface area contributed by atoms with Gasteiger partial charge in [0.1, 0.15) is 11.6 Å². The Morgan fingerprint density at radius 3 is 2.49 bits per heavy atom. The largest absolute Gasteiger partial charge is 0.396 e. The molecule has 0 aromatic heterocycles. The van der Waals surface area contributed by atoms with E-state index in [9.17, 15) is 19.5 Å². The highest BCUT2D eigenvalue weighted by Gasteiger charge is 2.71. The number of fused-ring (bicyclic) bond motifs is 2. The number of likely N-dealkylation sites (tertiary alicyclic amines) is 1. The number of aliphatic hydroxyl groups excluding tert-OH is 1. The van der Waals surface area contributed by atoms with Crippen LogP contribution in [0.4, 0.5) is 11.4 Å². The van der Waals surface area contributed by atoms with Gasteiger partial charge in [0.25, 0.3) is 5.91 Å². The van der Waals surface area contributed by atoms with E-state index in [1.165, 1.54) is 4.90 Å². The number of halogens is 1. The minimum absolute atomic E-state index is 0.137. The van der Waals surface area contributed by atoms with Crippen LogP contribution in [0, 0.1) is 18.8 Å². The molecule has 4 aliphatic heterocycles. The van der Waals surface area contributed by atoms with Crippen LogP contribution in [0.25, 0.3) is 0 Å². The number of amides is 3. The molecule has 0 radical (unpaired) electrons. The van der Waals surface area contributed by atoms with Gasteiger partial charge in [0.15, 0.2) is 0 Å². The predicted octanol–water partition coefficient (Wildman–Crippen LogP) is 3.12. The van der Waals surface area contributed by atoms with E-state index in [1.54, 1.807) is 15.9 Å². The summed E-state index contributed by atoms with van der Waals surface area (Å²) in [5.41, 5.74) is 0.822. The first kappa shape index (κ1) is 25.8. The molecule has 0 saturated carbocycles. The SMILES string of the molecule is Cc1cccc(Cl)c1N1CC=C[C@]23O[C@@H]4C=CCN(c5ccccc5)C(=O)[C@@H]4[C@H]2C(=O)N(CCCO)C3C1=O. The molecule has 9 heteroatoms. The Hall–Kier alpha value is -3.46. The maximum atomic E-state index is 14.4. The van der Waals surface area contributed by atoms with E-state index in [0.717, 1.165) is 11.3 Å². The highest BCUT2D eigenvalue weighted by Crippen LogP contribution is 2.54. The van der Waals surface area contributed by atoms with Gasteiger partial charge in [-0.15, -0.1) is 0 Å². The zero-order valence-electron chi connectivity index (χ0n) is 21.6. The smallest absolute Gasteiger partial charge is 0.253 e. The zero-order chi connectivity index (χ0) is 27.3. The number of benzene rings is 2. The van der Waals surface area contributed by atoms with Crippen molar-refractivity contribution in [3.05, 3.63) is 83.4 Å². The molecule has 8 nitrogen and oxygen atoms in total. The quantitative estimate of drug-likeness (QED) is 0.581. The average molecular weight is 548 g/mol. The highest BCUT2D eigenvalue weighted by molar-refractivity contribution is 6.34. The summed E-state index contributed by atoms with van der Waals surface area (Å²) in [6.45, 7) is 2.52. The fraction of sp³-hybridized carbons (Fsp3) is 0.367. The van der Waals surface area contributed by atoms with Gasteiger partial charge in [-0.2, -0.15) is 0 Å². The summed E-state index contributed by atoms with van der Waals surface area (Å²) in [4.78, 5) is 47.5. The van der Waals surface area contributed by atoms with E-state index in [1.807, 2.05) is 73.7 Å². The van der Waals surface area contributed by atoms with Crippen molar-refractivity contribution < 1.29 is 24.2 Å². The molecule has 0 aliphatic carbocycles. The number of rotatable bonds is 5. The molecule has 2 saturated heterocycles. The topological polar surface area (TPSA) is 90.4 Å². The van der Waals surface area contributed by atoms with Crippen molar-refractivity contribution in [3.8, 4) is 0 Å². The monoisotopic (exact) mass is 547 g/mol. The van der Waals surface area contributed by atoms with Crippen LogP contribution in [0.15, 0.2) is 72.8 Å². The lowest BCUT2D eigenvalue weighted by atomic mass is 9.77. The standard InChI is InChI=1S/C30H30ClN3O5/c1-19-9-5-12-21(31)25(19)33-16-7-14-30-24(28(37)34(17-8-18-35)26(30)29(33)38)23-22(39-30)13-6-15-32(27(23)36)20-10-3-2-4-11-20/h2-7,9-14,22-24,26,35H,8,15-18H2,1H3/t22-,23+,24+,26?,30+/m1/s1. The molecule has 0 bridgehead atoms. The van der Waals surface area contributed by atoms with Crippen molar-refractivity contribution in [2.24, 2.45) is 11.8 Å². The van der Waals surface area contributed by atoms with Crippen molar-refractivity contribution in [1.29, 1.82) is 0 Å². The second-order valence-corrected chi connectivity index (χ2v) is 10.8. The fourth-order valence-corrected chi connectivity index (χ4v) is 6.95. The highest BCUT2D eigenvalue weighted by atomic mass is 35.5. The molecule has 39 heavy (non-hydrogen) atoms. The zero-order valence-corrected chi connectivity index (χ0v) is 22.3. The van der Waals surface area contributed by atoms with Gasteiger partial charge in [0.2, 0.25) is 11.8 Å². The van der Waals surface area contributed by atoms with Gasteiger partial charge >= 0.3 is 0 Å². The van der Waals surface area contributed by atoms with E-state index in [2.05, 4.69) is 0 Å². The van der Waals surface area contributed by atoms with Crippen LogP contribution in [0.5, 0.6) is 0 Å². The summed E-state index contributed by atoms with van der Waals surface area (Å²) in [7, 11) is 0. The average Bonchev–Trinajstić information content (AvgIpc) is 3.24. The van der Waals surface area contributed by atoms with Crippen LogP contribution in [-0.2, 0) is 19.1 Å². The Balaban J connectivity index is 1.45.